The molecule has 1 saturated heterocycles. The van der Waals surface area contributed by atoms with Gasteiger partial charge < -0.3 is 5.73 Å². The number of nitrogens with two attached hydrogens (primary N) is 1. The maximum Gasteiger partial charge on any atom is 0.0991 e. The van der Waals surface area contributed by atoms with Crippen LogP contribution in [0.2, 0.25) is 0 Å². The molecule has 2 N–H and O–H groups in total. The minimum absolute atomic E-state index is 0.179. The molecule has 0 spiro atoms. The number of nitriles is 1. The Bertz CT molecular complexity index is 444. The number of hydrogen-bond donors (Lipinski definition) is 1. The summed E-state index contributed by atoms with van der Waals surface area (Å²) in [5.41, 5.74) is 8.35. The average Bonchev–Trinajstić information content (AvgIpc) is 2.61. The number of hydrogen-bond acceptors (Lipinski definition) is 3. The molecule has 102 valence electrons. The molecule has 1 heterocycles. The molecule has 0 aliphatic carbocycles. The fourth-order valence-electron chi connectivity index (χ4n) is 2.99. The summed E-state index contributed by atoms with van der Waals surface area (Å²) in [5, 5.41) is 8.89. The van der Waals surface area contributed by atoms with E-state index < -0.39 is 0 Å². The third-order valence-electron chi connectivity index (χ3n) is 4.01. The van der Waals surface area contributed by atoms with Crippen LogP contribution in [0.4, 0.5) is 0 Å². The van der Waals surface area contributed by atoms with Crippen molar-refractivity contribution in [3.63, 3.8) is 0 Å². The standard InChI is InChI=1S/C16H23N3/c1-12(2)19-10-4-3-5-15(18)16(19)14-8-6-13(11-17)7-9-14/h6-9,12,15-16H,3-5,10,18H2,1-2H3. The van der Waals surface area contributed by atoms with Gasteiger partial charge in [-0.1, -0.05) is 18.6 Å². The molecule has 1 aromatic carbocycles. The van der Waals surface area contributed by atoms with E-state index in [1.54, 1.807) is 0 Å². The van der Waals surface area contributed by atoms with Crippen LogP contribution < -0.4 is 5.73 Å². The highest BCUT2D eigenvalue weighted by molar-refractivity contribution is 5.33. The second-order valence-corrected chi connectivity index (χ2v) is 5.67. The number of nitrogens with zero attached hydrogens (tertiary/aromatic N) is 2. The summed E-state index contributed by atoms with van der Waals surface area (Å²) in [6.45, 7) is 5.57. The van der Waals surface area contributed by atoms with E-state index in [1.807, 2.05) is 12.1 Å². The smallest absolute Gasteiger partial charge is 0.0991 e. The molecule has 2 atom stereocenters. The van der Waals surface area contributed by atoms with Crippen LogP contribution >= 0.6 is 0 Å². The number of benzene rings is 1. The first-order chi connectivity index (χ1) is 9.13. The molecule has 0 aromatic heterocycles. The Hall–Kier alpha value is -1.37. The van der Waals surface area contributed by atoms with Crippen LogP contribution in [0.5, 0.6) is 0 Å². The monoisotopic (exact) mass is 257 g/mol. The second kappa shape index (κ2) is 6.18. The summed E-state index contributed by atoms with van der Waals surface area (Å²) < 4.78 is 0. The van der Waals surface area contributed by atoms with E-state index in [0.29, 0.717) is 11.6 Å². The van der Waals surface area contributed by atoms with Gasteiger partial charge >= 0.3 is 0 Å². The van der Waals surface area contributed by atoms with Crippen LogP contribution in [0, 0.1) is 11.3 Å². The average molecular weight is 257 g/mol. The van der Waals surface area contributed by atoms with Crippen molar-refractivity contribution in [2.75, 3.05) is 6.54 Å². The quantitative estimate of drug-likeness (QED) is 0.886. The Morgan fingerprint density at radius 1 is 1.26 bits per heavy atom. The van der Waals surface area contributed by atoms with Gasteiger partial charge in [0, 0.05) is 12.1 Å². The summed E-state index contributed by atoms with van der Waals surface area (Å²) in [7, 11) is 0. The minimum Gasteiger partial charge on any atom is -0.326 e. The summed E-state index contributed by atoms with van der Waals surface area (Å²) in [6, 6.07) is 11.0. The van der Waals surface area contributed by atoms with E-state index in [2.05, 4.69) is 36.9 Å². The zero-order valence-corrected chi connectivity index (χ0v) is 11.8. The largest absolute Gasteiger partial charge is 0.326 e. The van der Waals surface area contributed by atoms with Gasteiger partial charge in [-0.05, 0) is 50.9 Å². The van der Waals surface area contributed by atoms with Crippen LogP contribution in [0.15, 0.2) is 24.3 Å². The Kier molecular flexibility index (Phi) is 4.57. The van der Waals surface area contributed by atoms with Crippen molar-refractivity contribution in [1.29, 1.82) is 5.26 Å². The third-order valence-corrected chi connectivity index (χ3v) is 4.01. The van der Waals surface area contributed by atoms with E-state index >= 15 is 0 Å². The molecular formula is C16H23N3. The Morgan fingerprint density at radius 3 is 2.53 bits per heavy atom. The highest BCUT2D eigenvalue weighted by atomic mass is 15.2. The van der Waals surface area contributed by atoms with Crippen molar-refractivity contribution in [1.82, 2.24) is 4.90 Å². The molecule has 1 aromatic rings. The van der Waals surface area contributed by atoms with E-state index in [0.717, 1.165) is 13.0 Å². The molecule has 0 saturated carbocycles. The zero-order valence-electron chi connectivity index (χ0n) is 11.8. The van der Waals surface area contributed by atoms with Crippen LogP contribution in [0.1, 0.15) is 50.3 Å². The first-order valence-electron chi connectivity index (χ1n) is 7.15. The Morgan fingerprint density at radius 2 is 1.95 bits per heavy atom. The Balaban J connectivity index is 2.32. The van der Waals surface area contributed by atoms with Gasteiger partial charge in [0.2, 0.25) is 0 Å². The van der Waals surface area contributed by atoms with Crippen molar-refractivity contribution in [2.24, 2.45) is 5.73 Å². The zero-order chi connectivity index (χ0) is 13.8. The van der Waals surface area contributed by atoms with Gasteiger partial charge in [0.1, 0.15) is 0 Å². The summed E-state index contributed by atoms with van der Waals surface area (Å²) >= 11 is 0. The molecule has 1 fully saturated rings. The fourth-order valence-corrected chi connectivity index (χ4v) is 2.99. The lowest BCUT2D eigenvalue weighted by Gasteiger charge is -2.36. The molecule has 3 nitrogen and oxygen atoms in total. The van der Waals surface area contributed by atoms with Gasteiger partial charge in [-0.3, -0.25) is 4.90 Å². The van der Waals surface area contributed by atoms with Gasteiger partial charge in [-0.25, -0.2) is 0 Å². The summed E-state index contributed by atoms with van der Waals surface area (Å²) in [4.78, 5) is 2.50. The van der Waals surface area contributed by atoms with Crippen molar-refractivity contribution in [2.45, 2.75) is 51.2 Å². The third kappa shape index (κ3) is 3.15. The lowest BCUT2D eigenvalue weighted by molar-refractivity contribution is 0.144. The number of likely N-dealkylation sites (tertiary alicyclic amines) is 1. The van der Waals surface area contributed by atoms with Crippen LogP contribution in [0.25, 0.3) is 0 Å². The van der Waals surface area contributed by atoms with Crippen LogP contribution in [-0.2, 0) is 0 Å². The van der Waals surface area contributed by atoms with Gasteiger partial charge in [0.15, 0.2) is 0 Å². The van der Waals surface area contributed by atoms with Gasteiger partial charge in [0.05, 0.1) is 17.7 Å². The highest BCUT2D eigenvalue weighted by Gasteiger charge is 2.30. The first-order valence-corrected chi connectivity index (χ1v) is 7.15. The maximum atomic E-state index is 8.89. The lowest BCUT2D eigenvalue weighted by Crippen LogP contribution is -2.43. The topological polar surface area (TPSA) is 53.0 Å². The van der Waals surface area contributed by atoms with E-state index in [-0.39, 0.29) is 12.1 Å². The van der Waals surface area contributed by atoms with Gasteiger partial charge in [0.25, 0.3) is 0 Å². The molecular weight excluding hydrogens is 234 g/mol. The predicted molar refractivity (Wildman–Crippen MR) is 77.6 cm³/mol. The van der Waals surface area contributed by atoms with Crippen molar-refractivity contribution >= 4 is 0 Å². The van der Waals surface area contributed by atoms with Gasteiger partial charge in [-0.15, -0.1) is 0 Å². The molecule has 2 rings (SSSR count). The minimum atomic E-state index is 0.179. The Labute approximate surface area is 116 Å². The molecule has 0 radical (unpaired) electrons. The molecule has 2 unspecified atom stereocenters. The van der Waals surface area contributed by atoms with Gasteiger partial charge in [-0.2, -0.15) is 5.26 Å². The predicted octanol–water partition coefficient (Wildman–Crippen LogP) is 2.82. The molecule has 0 amide bonds. The SMILES string of the molecule is CC(C)N1CCCCC(N)C1c1ccc(C#N)cc1. The van der Waals surface area contributed by atoms with Crippen LogP contribution in [-0.4, -0.2) is 23.5 Å². The molecule has 19 heavy (non-hydrogen) atoms. The summed E-state index contributed by atoms with van der Waals surface area (Å²) in [6.07, 6.45) is 3.50. The molecule has 1 aliphatic rings. The lowest BCUT2D eigenvalue weighted by atomic mass is 9.95. The van der Waals surface area contributed by atoms with Crippen LogP contribution in [0.3, 0.4) is 0 Å². The van der Waals surface area contributed by atoms with E-state index in [1.165, 1.54) is 18.4 Å². The molecule has 3 heteroatoms. The molecule has 0 bridgehead atoms. The van der Waals surface area contributed by atoms with Crippen molar-refractivity contribution < 1.29 is 0 Å². The van der Waals surface area contributed by atoms with E-state index in [9.17, 15) is 0 Å². The second-order valence-electron chi connectivity index (χ2n) is 5.67. The summed E-state index contributed by atoms with van der Waals surface area (Å²) in [5.74, 6) is 0. The normalized spacial score (nSPS) is 25.0. The first kappa shape index (κ1) is 14.0. The van der Waals surface area contributed by atoms with E-state index in [4.69, 9.17) is 11.0 Å². The highest BCUT2D eigenvalue weighted by Crippen LogP contribution is 2.31. The van der Waals surface area contributed by atoms with Crippen molar-refractivity contribution in [3.8, 4) is 6.07 Å². The van der Waals surface area contributed by atoms with Crippen molar-refractivity contribution in [3.05, 3.63) is 35.4 Å². The maximum absolute atomic E-state index is 8.89. The molecule has 1 aliphatic heterocycles. The number of rotatable bonds is 2. The fraction of sp³-hybridized carbons (Fsp3) is 0.562.